The van der Waals surface area contributed by atoms with E-state index in [0.717, 1.165) is 31.9 Å². The van der Waals surface area contributed by atoms with Crippen LogP contribution in [0, 0.1) is 5.92 Å². The summed E-state index contributed by atoms with van der Waals surface area (Å²) >= 11 is 0. The molecule has 16 heavy (non-hydrogen) atoms. The molecule has 0 radical (unpaired) electrons. The molecule has 0 fully saturated rings. The van der Waals surface area contributed by atoms with Crippen molar-refractivity contribution < 1.29 is 9.15 Å². The van der Waals surface area contributed by atoms with Crippen LogP contribution in [0.25, 0.3) is 0 Å². The average Bonchev–Trinajstić information content (AvgIpc) is 2.68. The lowest BCUT2D eigenvalue weighted by atomic mass is 10.1. The summed E-state index contributed by atoms with van der Waals surface area (Å²) in [4.78, 5) is 0. The molecule has 0 saturated carbocycles. The molecule has 1 aromatic rings. The summed E-state index contributed by atoms with van der Waals surface area (Å²) < 4.78 is 10.9. The van der Waals surface area contributed by atoms with Crippen LogP contribution in [-0.2, 0) is 11.3 Å². The van der Waals surface area contributed by atoms with Crippen molar-refractivity contribution in [3.05, 3.63) is 24.2 Å². The largest absolute Gasteiger partial charge is 0.468 e. The highest BCUT2D eigenvalue weighted by Gasteiger charge is 2.04. The summed E-state index contributed by atoms with van der Waals surface area (Å²) in [6.45, 7) is 8.96. The fourth-order valence-electron chi connectivity index (χ4n) is 1.69. The predicted octanol–water partition coefficient (Wildman–Crippen LogP) is 2.82. The molecule has 1 rings (SSSR count). The van der Waals surface area contributed by atoms with E-state index in [2.05, 4.69) is 26.1 Å². The normalized spacial score (nSPS) is 13.2. The van der Waals surface area contributed by atoms with Crippen molar-refractivity contribution in [2.45, 2.75) is 39.8 Å². The third kappa shape index (κ3) is 5.93. The maximum atomic E-state index is 5.68. The minimum Gasteiger partial charge on any atom is -0.468 e. The van der Waals surface area contributed by atoms with E-state index in [1.165, 1.54) is 0 Å². The van der Waals surface area contributed by atoms with E-state index in [4.69, 9.17) is 9.15 Å². The lowest BCUT2D eigenvalue weighted by Crippen LogP contribution is -2.22. The number of furan rings is 1. The molecule has 0 amide bonds. The summed E-state index contributed by atoms with van der Waals surface area (Å²) in [6, 6.07) is 3.87. The molecule has 0 aliphatic rings. The zero-order chi connectivity index (χ0) is 11.8. The summed E-state index contributed by atoms with van der Waals surface area (Å²) in [5, 5.41) is 3.28. The van der Waals surface area contributed by atoms with Gasteiger partial charge in [0.2, 0.25) is 0 Å². The van der Waals surface area contributed by atoms with E-state index in [0.29, 0.717) is 12.0 Å². The topological polar surface area (TPSA) is 34.4 Å². The van der Waals surface area contributed by atoms with Crippen molar-refractivity contribution in [2.75, 3.05) is 13.2 Å². The molecule has 0 bridgehead atoms. The fourth-order valence-corrected chi connectivity index (χ4v) is 1.69. The Hall–Kier alpha value is -0.800. The summed E-state index contributed by atoms with van der Waals surface area (Å²) in [5.41, 5.74) is 0. The second-order valence-electron chi connectivity index (χ2n) is 4.57. The van der Waals surface area contributed by atoms with Crippen molar-refractivity contribution >= 4 is 0 Å². The van der Waals surface area contributed by atoms with Crippen LogP contribution < -0.4 is 5.32 Å². The van der Waals surface area contributed by atoms with Gasteiger partial charge in [-0.2, -0.15) is 0 Å². The second-order valence-corrected chi connectivity index (χ2v) is 4.57. The average molecular weight is 225 g/mol. The molecule has 1 N–H and O–H groups in total. The lowest BCUT2D eigenvalue weighted by Gasteiger charge is -2.15. The van der Waals surface area contributed by atoms with Crippen molar-refractivity contribution in [3.63, 3.8) is 0 Å². The highest BCUT2D eigenvalue weighted by Crippen LogP contribution is 2.06. The van der Waals surface area contributed by atoms with E-state index >= 15 is 0 Å². The molecule has 3 heteroatoms. The van der Waals surface area contributed by atoms with Crippen LogP contribution >= 0.6 is 0 Å². The highest BCUT2D eigenvalue weighted by atomic mass is 16.5. The van der Waals surface area contributed by atoms with Gasteiger partial charge in [0, 0.05) is 6.54 Å². The summed E-state index contributed by atoms with van der Waals surface area (Å²) in [6.07, 6.45) is 3.17. The first kappa shape index (κ1) is 13.3. The standard InChI is InChI=1S/C13H23NO2/c1-11(2)9-12(3)15-8-6-14-10-13-5-4-7-16-13/h4-5,7,11-12,14H,6,8-10H2,1-3H3. The lowest BCUT2D eigenvalue weighted by molar-refractivity contribution is 0.0536. The Kier molecular flexibility index (Phi) is 6.19. The zero-order valence-corrected chi connectivity index (χ0v) is 10.5. The highest BCUT2D eigenvalue weighted by molar-refractivity contribution is 4.97. The second kappa shape index (κ2) is 7.47. The van der Waals surface area contributed by atoms with E-state index in [1.807, 2.05) is 12.1 Å². The van der Waals surface area contributed by atoms with Crippen LogP contribution in [0.5, 0.6) is 0 Å². The minimum absolute atomic E-state index is 0.352. The van der Waals surface area contributed by atoms with Crippen molar-refractivity contribution in [1.29, 1.82) is 0 Å². The molecule has 1 unspecified atom stereocenters. The number of nitrogens with one attached hydrogen (secondary N) is 1. The number of rotatable bonds is 8. The molecule has 0 spiro atoms. The Bertz CT molecular complexity index is 257. The Morgan fingerprint density at radius 3 is 2.81 bits per heavy atom. The smallest absolute Gasteiger partial charge is 0.117 e. The molecule has 0 aromatic carbocycles. The van der Waals surface area contributed by atoms with Gasteiger partial charge >= 0.3 is 0 Å². The molecule has 1 atom stereocenters. The summed E-state index contributed by atoms with van der Waals surface area (Å²) in [5.74, 6) is 1.67. The zero-order valence-electron chi connectivity index (χ0n) is 10.5. The number of hydrogen-bond donors (Lipinski definition) is 1. The van der Waals surface area contributed by atoms with Crippen LogP contribution in [0.15, 0.2) is 22.8 Å². The molecule has 3 nitrogen and oxygen atoms in total. The molecule has 1 heterocycles. The van der Waals surface area contributed by atoms with Gasteiger partial charge in [0.25, 0.3) is 0 Å². The van der Waals surface area contributed by atoms with Gasteiger partial charge < -0.3 is 14.5 Å². The first-order valence-electron chi connectivity index (χ1n) is 6.03. The van der Waals surface area contributed by atoms with Crippen molar-refractivity contribution in [2.24, 2.45) is 5.92 Å². The molecule has 0 aliphatic carbocycles. The monoisotopic (exact) mass is 225 g/mol. The first-order valence-corrected chi connectivity index (χ1v) is 6.03. The first-order chi connectivity index (χ1) is 7.68. The summed E-state index contributed by atoms with van der Waals surface area (Å²) in [7, 11) is 0. The Morgan fingerprint density at radius 1 is 1.38 bits per heavy atom. The maximum absolute atomic E-state index is 5.68. The van der Waals surface area contributed by atoms with Crippen LogP contribution in [0.2, 0.25) is 0 Å². The maximum Gasteiger partial charge on any atom is 0.117 e. The van der Waals surface area contributed by atoms with E-state index in [-0.39, 0.29) is 0 Å². The Labute approximate surface area is 98.2 Å². The van der Waals surface area contributed by atoms with Gasteiger partial charge in [0.1, 0.15) is 5.76 Å². The fraction of sp³-hybridized carbons (Fsp3) is 0.692. The third-order valence-corrected chi connectivity index (χ3v) is 2.36. The molecular weight excluding hydrogens is 202 g/mol. The Morgan fingerprint density at radius 2 is 2.19 bits per heavy atom. The van der Waals surface area contributed by atoms with Gasteiger partial charge in [-0.15, -0.1) is 0 Å². The minimum atomic E-state index is 0.352. The van der Waals surface area contributed by atoms with Gasteiger partial charge in [-0.3, -0.25) is 0 Å². The quantitative estimate of drug-likeness (QED) is 0.691. The van der Waals surface area contributed by atoms with Crippen LogP contribution in [-0.4, -0.2) is 19.3 Å². The van der Waals surface area contributed by atoms with Gasteiger partial charge in [-0.25, -0.2) is 0 Å². The van der Waals surface area contributed by atoms with E-state index in [1.54, 1.807) is 6.26 Å². The SMILES string of the molecule is CC(C)CC(C)OCCNCc1ccco1. The molecule has 0 saturated heterocycles. The number of ether oxygens (including phenoxy) is 1. The van der Waals surface area contributed by atoms with Gasteiger partial charge in [-0.1, -0.05) is 13.8 Å². The van der Waals surface area contributed by atoms with Gasteiger partial charge in [0.05, 0.1) is 25.5 Å². The van der Waals surface area contributed by atoms with Crippen LogP contribution in [0.3, 0.4) is 0 Å². The van der Waals surface area contributed by atoms with Crippen LogP contribution in [0.4, 0.5) is 0 Å². The van der Waals surface area contributed by atoms with E-state index in [9.17, 15) is 0 Å². The number of hydrogen-bond acceptors (Lipinski definition) is 3. The van der Waals surface area contributed by atoms with E-state index < -0.39 is 0 Å². The van der Waals surface area contributed by atoms with Gasteiger partial charge in [-0.05, 0) is 31.4 Å². The van der Waals surface area contributed by atoms with Crippen molar-refractivity contribution in [1.82, 2.24) is 5.32 Å². The predicted molar refractivity (Wildman–Crippen MR) is 65.3 cm³/mol. The van der Waals surface area contributed by atoms with Crippen molar-refractivity contribution in [3.8, 4) is 0 Å². The third-order valence-electron chi connectivity index (χ3n) is 2.36. The molecule has 1 aromatic heterocycles. The molecule has 0 aliphatic heterocycles. The Balaban J connectivity index is 1.95. The molecule has 92 valence electrons. The molecular formula is C13H23NO2. The van der Waals surface area contributed by atoms with Gasteiger partial charge in [0.15, 0.2) is 0 Å². The van der Waals surface area contributed by atoms with Crippen LogP contribution in [0.1, 0.15) is 33.0 Å².